The van der Waals surface area contributed by atoms with E-state index in [-0.39, 0.29) is 37.4 Å². The highest BCUT2D eigenvalue weighted by Gasteiger charge is 2.32. The number of halogens is 2. The summed E-state index contributed by atoms with van der Waals surface area (Å²) < 4.78 is 21.2. The maximum atomic E-state index is 13.7. The molecule has 33 heavy (non-hydrogen) atoms. The molecule has 1 N–H and O–H groups in total. The average Bonchev–Trinajstić information content (AvgIpc) is 3.52. The largest absolute Gasteiger partial charge is 0.488 e. The number of anilines is 1. The van der Waals surface area contributed by atoms with Crippen molar-refractivity contribution in [3.8, 4) is 17.0 Å². The lowest BCUT2D eigenvalue weighted by molar-refractivity contribution is -0.123. The van der Waals surface area contributed by atoms with Gasteiger partial charge in [-0.1, -0.05) is 23.7 Å². The van der Waals surface area contributed by atoms with Crippen LogP contribution >= 0.6 is 11.6 Å². The first-order valence-electron chi connectivity index (χ1n) is 10.7. The fraction of sp³-hybridized carbons (Fsp3) is 0.292. The zero-order chi connectivity index (χ0) is 23.1. The van der Waals surface area contributed by atoms with Crippen molar-refractivity contribution in [2.24, 2.45) is 7.05 Å². The third-order valence-corrected chi connectivity index (χ3v) is 5.97. The van der Waals surface area contributed by atoms with Crippen molar-refractivity contribution in [2.45, 2.75) is 31.9 Å². The number of carbonyl (C=O) groups excluding carboxylic acids is 2. The molecule has 9 heteroatoms. The van der Waals surface area contributed by atoms with E-state index in [2.05, 4.69) is 10.4 Å². The second kappa shape index (κ2) is 8.51. The molecule has 0 unspecified atom stereocenters. The number of benzene rings is 2. The highest BCUT2D eigenvalue weighted by atomic mass is 35.5. The highest BCUT2D eigenvalue weighted by molar-refractivity contribution is 6.31. The normalized spacial score (nSPS) is 14.2. The average molecular weight is 469 g/mol. The van der Waals surface area contributed by atoms with Crippen LogP contribution in [0.1, 0.15) is 24.0 Å². The van der Waals surface area contributed by atoms with Gasteiger partial charge in [0, 0.05) is 23.7 Å². The SMILES string of the molecule is Cn1nc(N(CC(=O)NC2CC2)C(=O)Cc2cccc(F)c2)c2c1-c1cc(Cl)ccc1OC2. The van der Waals surface area contributed by atoms with Gasteiger partial charge in [-0.2, -0.15) is 5.10 Å². The molecule has 1 aliphatic heterocycles. The van der Waals surface area contributed by atoms with Crippen molar-refractivity contribution in [3.05, 3.63) is 64.4 Å². The summed E-state index contributed by atoms with van der Waals surface area (Å²) in [6.07, 6.45) is 1.81. The van der Waals surface area contributed by atoms with Gasteiger partial charge in [0.2, 0.25) is 11.8 Å². The first-order chi connectivity index (χ1) is 15.9. The summed E-state index contributed by atoms with van der Waals surface area (Å²) in [7, 11) is 1.78. The number of rotatable bonds is 6. The molecule has 1 saturated carbocycles. The Labute approximate surface area is 195 Å². The smallest absolute Gasteiger partial charge is 0.240 e. The summed E-state index contributed by atoms with van der Waals surface area (Å²) in [4.78, 5) is 27.4. The molecule has 1 aromatic heterocycles. The summed E-state index contributed by atoms with van der Waals surface area (Å²) >= 11 is 6.21. The molecule has 5 rings (SSSR count). The van der Waals surface area contributed by atoms with E-state index in [1.54, 1.807) is 42.1 Å². The van der Waals surface area contributed by atoms with E-state index in [4.69, 9.17) is 16.3 Å². The van der Waals surface area contributed by atoms with E-state index in [9.17, 15) is 14.0 Å². The van der Waals surface area contributed by atoms with Crippen molar-refractivity contribution < 1.29 is 18.7 Å². The minimum absolute atomic E-state index is 0.0664. The molecule has 0 spiro atoms. The molecule has 0 radical (unpaired) electrons. The first kappa shape index (κ1) is 21.5. The molecule has 170 valence electrons. The minimum atomic E-state index is -0.421. The predicted molar refractivity (Wildman–Crippen MR) is 122 cm³/mol. The Kier molecular flexibility index (Phi) is 5.54. The fourth-order valence-corrected chi connectivity index (χ4v) is 4.22. The Morgan fingerprint density at radius 2 is 2.09 bits per heavy atom. The van der Waals surface area contributed by atoms with Crippen LogP contribution < -0.4 is 15.0 Å². The summed E-state index contributed by atoms with van der Waals surface area (Å²) in [5, 5.41) is 8.06. The van der Waals surface area contributed by atoms with Gasteiger partial charge >= 0.3 is 0 Å². The van der Waals surface area contributed by atoms with E-state index in [1.165, 1.54) is 17.0 Å². The van der Waals surface area contributed by atoms with Crippen LogP contribution in [0.2, 0.25) is 5.02 Å². The molecule has 3 aromatic rings. The lowest BCUT2D eigenvalue weighted by atomic mass is 10.0. The number of nitrogens with zero attached hydrogens (tertiary/aromatic N) is 3. The maximum Gasteiger partial charge on any atom is 0.240 e. The maximum absolute atomic E-state index is 13.7. The van der Waals surface area contributed by atoms with Crippen molar-refractivity contribution in [2.75, 3.05) is 11.4 Å². The Morgan fingerprint density at radius 3 is 2.85 bits per heavy atom. The predicted octanol–water partition coefficient (Wildman–Crippen LogP) is 3.63. The minimum Gasteiger partial charge on any atom is -0.488 e. The van der Waals surface area contributed by atoms with Crippen LogP contribution in [0.3, 0.4) is 0 Å². The third-order valence-electron chi connectivity index (χ3n) is 5.74. The van der Waals surface area contributed by atoms with Gasteiger partial charge in [0.15, 0.2) is 5.82 Å². The number of hydrogen-bond donors (Lipinski definition) is 1. The van der Waals surface area contributed by atoms with E-state index < -0.39 is 5.82 Å². The van der Waals surface area contributed by atoms with E-state index in [0.717, 1.165) is 24.1 Å². The quantitative estimate of drug-likeness (QED) is 0.599. The molecule has 0 bridgehead atoms. The van der Waals surface area contributed by atoms with E-state index >= 15 is 0 Å². The van der Waals surface area contributed by atoms with Crippen LogP contribution in [0.15, 0.2) is 42.5 Å². The molecule has 0 atom stereocenters. The van der Waals surface area contributed by atoms with Gasteiger partial charge in [-0.3, -0.25) is 19.2 Å². The Bertz CT molecular complexity index is 1250. The zero-order valence-corrected chi connectivity index (χ0v) is 18.7. The second-order valence-corrected chi connectivity index (χ2v) is 8.77. The van der Waals surface area contributed by atoms with Crippen LogP contribution in [-0.2, 0) is 29.7 Å². The molecule has 2 heterocycles. The van der Waals surface area contributed by atoms with Crippen LogP contribution in [0.25, 0.3) is 11.3 Å². The van der Waals surface area contributed by atoms with Gasteiger partial charge in [-0.05, 0) is 48.7 Å². The number of ether oxygens (including phenoxy) is 1. The number of aryl methyl sites for hydroxylation is 1. The van der Waals surface area contributed by atoms with E-state index in [1.807, 2.05) is 0 Å². The molecule has 1 aliphatic carbocycles. The van der Waals surface area contributed by atoms with E-state index in [0.29, 0.717) is 27.7 Å². The Morgan fingerprint density at radius 1 is 1.27 bits per heavy atom. The van der Waals surface area contributed by atoms with Gasteiger partial charge in [-0.25, -0.2) is 4.39 Å². The number of nitrogens with one attached hydrogen (secondary N) is 1. The van der Waals surface area contributed by atoms with Gasteiger partial charge in [0.25, 0.3) is 0 Å². The molecular formula is C24H22ClFN4O3. The molecule has 2 amide bonds. The molecule has 1 fully saturated rings. The zero-order valence-electron chi connectivity index (χ0n) is 18.0. The topological polar surface area (TPSA) is 76.5 Å². The van der Waals surface area contributed by atoms with Crippen molar-refractivity contribution in [1.29, 1.82) is 0 Å². The van der Waals surface area contributed by atoms with Gasteiger partial charge in [-0.15, -0.1) is 0 Å². The van der Waals surface area contributed by atoms with Crippen LogP contribution in [-0.4, -0.2) is 34.2 Å². The van der Waals surface area contributed by atoms with Gasteiger partial charge < -0.3 is 10.1 Å². The first-order valence-corrected chi connectivity index (χ1v) is 11.1. The Hall–Kier alpha value is -3.39. The summed E-state index contributed by atoms with van der Waals surface area (Å²) in [6, 6.07) is 11.4. The number of fused-ring (bicyclic) bond motifs is 3. The number of aromatic nitrogens is 2. The fourth-order valence-electron chi connectivity index (χ4n) is 4.05. The highest BCUT2D eigenvalue weighted by Crippen LogP contribution is 2.42. The standard InChI is InChI=1S/C24H22ClFN4O3/c1-29-23-18-11-15(25)5-8-20(18)33-13-19(23)24(28-29)30(12-21(31)27-17-6-7-17)22(32)10-14-3-2-4-16(26)9-14/h2-5,8-9,11,17H,6-7,10,12-13H2,1H3,(H,27,31). The van der Waals surface area contributed by atoms with Gasteiger partial charge in [0.1, 0.15) is 24.7 Å². The summed E-state index contributed by atoms with van der Waals surface area (Å²) in [5.41, 5.74) is 2.76. The molecule has 0 saturated heterocycles. The van der Waals surface area contributed by atoms with Crippen LogP contribution in [0, 0.1) is 5.82 Å². The molecule has 2 aliphatic rings. The molecule has 7 nitrogen and oxygen atoms in total. The Balaban J connectivity index is 1.52. The van der Waals surface area contributed by atoms with Crippen molar-refractivity contribution in [1.82, 2.24) is 15.1 Å². The lowest BCUT2D eigenvalue weighted by Crippen LogP contribution is -2.43. The summed E-state index contributed by atoms with van der Waals surface area (Å²) in [5.74, 6) is -0.0135. The van der Waals surface area contributed by atoms with Crippen molar-refractivity contribution in [3.63, 3.8) is 0 Å². The number of amides is 2. The molecular weight excluding hydrogens is 447 g/mol. The monoisotopic (exact) mass is 468 g/mol. The van der Waals surface area contributed by atoms with Crippen molar-refractivity contribution >= 4 is 29.2 Å². The summed E-state index contributed by atoms with van der Waals surface area (Å²) in [6.45, 7) is 0.0115. The number of carbonyl (C=O) groups is 2. The molecule has 2 aromatic carbocycles. The number of hydrogen-bond acceptors (Lipinski definition) is 4. The van der Waals surface area contributed by atoms with Gasteiger partial charge in [0.05, 0.1) is 17.7 Å². The second-order valence-electron chi connectivity index (χ2n) is 8.33. The van der Waals surface area contributed by atoms with Crippen LogP contribution in [0.4, 0.5) is 10.2 Å². The third kappa shape index (κ3) is 4.43. The lowest BCUT2D eigenvalue weighted by Gasteiger charge is -2.24. The van der Waals surface area contributed by atoms with Crippen LogP contribution in [0.5, 0.6) is 5.75 Å².